The Morgan fingerprint density at radius 3 is 2.37 bits per heavy atom. The van der Waals surface area contributed by atoms with Crippen molar-refractivity contribution in [3.8, 4) is 23.0 Å². The van der Waals surface area contributed by atoms with Gasteiger partial charge in [0.15, 0.2) is 29.1 Å². The highest BCUT2D eigenvalue weighted by atomic mass is 16.6. The second-order valence-electron chi connectivity index (χ2n) is 6.91. The van der Waals surface area contributed by atoms with E-state index in [9.17, 15) is 9.59 Å². The fraction of sp³-hybridized carbons (Fsp3) is 0.364. The molecule has 8 nitrogen and oxygen atoms in total. The van der Waals surface area contributed by atoms with E-state index in [1.54, 1.807) is 26.4 Å². The third-order valence-corrected chi connectivity index (χ3v) is 4.66. The van der Waals surface area contributed by atoms with Gasteiger partial charge >= 0.3 is 0 Å². The quantitative estimate of drug-likeness (QED) is 0.722. The van der Waals surface area contributed by atoms with Crippen LogP contribution in [0.4, 0.5) is 0 Å². The van der Waals surface area contributed by atoms with Gasteiger partial charge < -0.3 is 29.6 Å². The van der Waals surface area contributed by atoms with Crippen LogP contribution < -0.4 is 29.6 Å². The summed E-state index contributed by atoms with van der Waals surface area (Å²) in [6.07, 6.45) is -0.648. The molecule has 0 saturated heterocycles. The minimum Gasteiger partial charge on any atom is -0.493 e. The topological polar surface area (TPSA) is 95.1 Å². The lowest BCUT2D eigenvalue weighted by molar-refractivity contribution is -0.124. The molecule has 2 aromatic rings. The van der Waals surface area contributed by atoms with Crippen molar-refractivity contribution in [2.75, 3.05) is 20.8 Å². The van der Waals surface area contributed by atoms with Gasteiger partial charge in [-0.2, -0.15) is 0 Å². The minimum absolute atomic E-state index is 0.0731. The molecule has 0 unspecified atom stereocenters. The molecule has 8 heteroatoms. The Bertz CT molecular complexity index is 930. The monoisotopic (exact) mass is 414 g/mol. The van der Waals surface area contributed by atoms with E-state index < -0.39 is 12.3 Å². The lowest BCUT2D eigenvalue weighted by Crippen LogP contribution is -2.46. The van der Waals surface area contributed by atoms with Crippen LogP contribution in [0.2, 0.25) is 0 Å². The number of hydrogen-bond acceptors (Lipinski definition) is 6. The molecule has 0 radical (unpaired) electrons. The fourth-order valence-corrected chi connectivity index (χ4v) is 3.26. The molecule has 30 heavy (non-hydrogen) atoms. The number of nitrogens with one attached hydrogen (secondary N) is 2. The molecule has 0 saturated carbocycles. The first kappa shape index (κ1) is 21.3. The Labute approximate surface area is 175 Å². The van der Waals surface area contributed by atoms with Gasteiger partial charge in [0.2, 0.25) is 18.0 Å². The molecule has 160 valence electrons. The summed E-state index contributed by atoms with van der Waals surface area (Å²) in [4.78, 5) is 22.8. The smallest absolute Gasteiger partial charge is 0.219 e. The number of ether oxygens (including phenoxy) is 4. The number of rotatable bonds is 7. The van der Waals surface area contributed by atoms with E-state index in [2.05, 4.69) is 10.6 Å². The predicted octanol–water partition coefficient (Wildman–Crippen LogP) is 2.36. The van der Waals surface area contributed by atoms with E-state index in [0.717, 1.165) is 11.1 Å². The van der Waals surface area contributed by atoms with Crippen LogP contribution in [0.15, 0.2) is 36.4 Å². The normalized spacial score (nSPS) is 17.1. The molecule has 1 aliphatic heterocycles. The predicted molar refractivity (Wildman–Crippen MR) is 110 cm³/mol. The van der Waals surface area contributed by atoms with Crippen molar-refractivity contribution >= 4 is 11.8 Å². The molecule has 2 amide bonds. The average molecular weight is 414 g/mol. The minimum atomic E-state index is -0.723. The Kier molecular flexibility index (Phi) is 6.66. The first-order valence-electron chi connectivity index (χ1n) is 9.61. The summed E-state index contributed by atoms with van der Waals surface area (Å²) in [7, 11) is 3.13. The summed E-state index contributed by atoms with van der Waals surface area (Å²) in [5, 5.41) is 5.57. The Hall–Kier alpha value is -3.42. The standard InChI is InChI=1S/C22H26N2O6/c1-13(25)23-10-9-15-5-7-18-20(11-15)30-22(24-14(2)26)21(29-18)16-6-8-17(27-3)19(12-16)28-4/h5-8,11-12,21-22H,9-10H2,1-4H3,(H,23,25)(H,24,26)/t21-,22-/m1/s1. The van der Waals surface area contributed by atoms with Gasteiger partial charge in [0.25, 0.3) is 0 Å². The molecule has 1 aliphatic rings. The van der Waals surface area contributed by atoms with Crippen molar-refractivity contribution in [3.63, 3.8) is 0 Å². The van der Waals surface area contributed by atoms with Crippen LogP contribution in [0.25, 0.3) is 0 Å². The number of benzene rings is 2. The second kappa shape index (κ2) is 9.39. The van der Waals surface area contributed by atoms with Crippen LogP contribution in [0.5, 0.6) is 23.0 Å². The second-order valence-corrected chi connectivity index (χ2v) is 6.91. The summed E-state index contributed by atoms with van der Waals surface area (Å²) in [6.45, 7) is 3.43. The van der Waals surface area contributed by atoms with Gasteiger partial charge in [-0.3, -0.25) is 9.59 Å². The summed E-state index contributed by atoms with van der Waals surface area (Å²) in [6, 6.07) is 11.0. The number of amides is 2. The largest absolute Gasteiger partial charge is 0.493 e. The Morgan fingerprint density at radius 2 is 1.70 bits per heavy atom. The first-order valence-corrected chi connectivity index (χ1v) is 9.61. The van der Waals surface area contributed by atoms with Crippen LogP contribution in [0, 0.1) is 0 Å². The van der Waals surface area contributed by atoms with E-state index >= 15 is 0 Å². The summed E-state index contributed by atoms with van der Waals surface area (Å²) < 4.78 is 23.0. The highest BCUT2D eigenvalue weighted by Gasteiger charge is 2.34. The van der Waals surface area contributed by atoms with Crippen molar-refractivity contribution in [1.29, 1.82) is 0 Å². The van der Waals surface area contributed by atoms with E-state index in [-0.39, 0.29) is 11.8 Å². The van der Waals surface area contributed by atoms with Gasteiger partial charge in [-0.05, 0) is 36.2 Å². The molecular formula is C22H26N2O6. The third-order valence-electron chi connectivity index (χ3n) is 4.66. The van der Waals surface area contributed by atoms with Crippen molar-refractivity contribution in [2.24, 2.45) is 0 Å². The van der Waals surface area contributed by atoms with Gasteiger partial charge in [0.05, 0.1) is 14.2 Å². The molecule has 0 spiro atoms. The summed E-state index contributed by atoms with van der Waals surface area (Å²) in [5.74, 6) is 1.94. The third kappa shape index (κ3) is 4.94. The maximum Gasteiger partial charge on any atom is 0.219 e. The molecular weight excluding hydrogens is 388 g/mol. The van der Waals surface area contributed by atoms with Gasteiger partial charge in [0, 0.05) is 26.0 Å². The number of methoxy groups -OCH3 is 2. The average Bonchev–Trinajstić information content (AvgIpc) is 2.72. The number of hydrogen-bond donors (Lipinski definition) is 2. The lowest BCUT2D eigenvalue weighted by Gasteiger charge is -2.34. The number of carbonyl (C=O) groups excluding carboxylic acids is 2. The van der Waals surface area contributed by atoms with Crippen LogP contribution >= 0.6 is 0 Å². The lowest BCUT2D eigenvalue weighted by atomic mass is 10.0. The molecule has 2 aromatic carbocycles. The Balaban J connectivity index is 1.87. The van der Waals surface area contributed by atoms with Crippen LogP contribution in [0.3, 0.4) is 0 Å². The molecule has 0 bridgehead atoms. The van der Waals surface area contributed by atoms with Crippen molar-refractivity contribution in [2.45, 2.75) is 32.6 Å². The van der Waals surface area contributed by atoms with E-state index in [1.807, 2.05) is 24.3 Å². The first-order chi connectivity index (χ1) is 14.4. The van der Waals surface area contributed by atoms with Gasteiger partial charge in [0.1, 0.15) is 0 Å². The molecule has 1 heterocycles. The maximum absolute atomic E-state index is 11.8. The van der Waals surface area contributed by atoms with Crippen LogP contribution in [-0.4, -0.2) is 38.8 Å². The maximum atomic E-state index is 11.8. The SMILES string of the molecule is COc1ccc([C@H]2Oc3ccc(CCNC(C)=O)cc3O[C@H]2NC(C)=O)cc1OC. The van der Waals surface area contributed by atoms with Crippen molar-refractivity contribution in [3.05, 3.63) is 47.5 Å². The molecule has 2 atom stereocenters. The van der Waals surface area contributed by atoms with E-state index in [1.165, 1.54) is 13.8 Å². The van der Waals surface area contributed by atoms with Crippen LogP contribution in [-0.2, 0) is 16.0 Å². The fourth-order valence-electron chi connectivity index (χ4n) is 3.26. The molecule has 3 rings (SSSR count). The summed E-state index contributed by atoms with van der Waals surface area (Å²) in [5.41, 5.74) is 1.75. The van der Waals surface area contributed by atoms with Gasteiger partial charge in [-0.1, -0.05) is 12.1 Å². The zero-order chi connectivity index (χ0) is 21.7. The molecule has 0 aromatic heterocycles. The highest BCUT2D eigenvalue weighted by Crippen LogP contribution is 2.41. The van der Waals surface area contributed by atoms with Gasteiger partial charge in [-0.25, -0.2) is 0 Å². The van der Waals surface area contributed by atoms with E-state index in [4.69, 9.17) is 18.9 Å². The van der Waals surface area contributed by atoms with Gasteiger partial charge in [-0.15, -0.1) is 0 Å². The molecule has 2 N–H and O–H groups in total. The zero-order valence-corrected chi connectivity index (χ0v) is 17.5. The number of carbonyl (C=O) groups is 2. The number of fused-ring (bicyclic) bond motifs is 1. The van der Waals surface area contributed by atoms with Crippen molar-refractivity contribution in [1.82, 2.24) is 10.6 Å². The highest BCUT2D eigenvalue weighted by molar-refractivity contribution is 5.73. The zero-order valence-electron chi connectivity index (χ0n) is 17.5. The van der Waals surface area contributed by atoms with E-state index in [0.29, 0.717) is 36.0 Å². The van der Waals surface area contributed by atoms with Crippen LogP contribution in [0.1, 0.15) is 31.1 Å². The summed E-state index contributed by atoms with van der Waals surface area (Å²) >= 11 is 0. The van der Waals surface area contributed by atoms with Crippen molar-refractivity contribution < 1.29 is 28.5 Å². The molecule has 0 fully saturated rings. The molecule has 0 aliphatic carbocycles. The Morgan fingerprint density at radius 1 is 0.933 bits per heavy atom.